The first kappa shape index (κ1) is 24.1. The number of allylic oxidation sites excluding steroid dienone is 1. The summed E-state index contributed by atoms with van der Waals surface area (Å²) < 4.78 is 2.24. The Labute approximate surface area is 184 Å². The number of hydrogen-bond acceptors (Lipinski definition) is 1. The number of aryl methyl sites for hydroxylation is 1. The van der Waals surface area contributed by atoms with Gasteiger partial charge in [0.15, 0.2) is 18.2 Å². The van der Waals surface area contributed by atoms with E-state index < -0.39 is 0 Å². The predicted octanol–water partition coefficient (Wildman–Crippen LogP) is 7.57. The van der Waals surface area contributed by atoms with Gasteiger partial charge in [0.05, 0.1) is 0 Å². The Balaban J connectivity index is 1.53. The lowest BCUT2D eigenvalue weighted by Crippen LogP contribution is -2.32. The van der Waals surface area contributed by atoms with Gasteiger partial charge in [0, 0.05) is 24.1 Å². The third-order valence-electron chi connectivity index (χ3n) is 5.67. The second-order valence-electron chi connectivity index (χ2n) is 8.32. The smallest absolute Gasteiger partial charge is 0.185 e. The van der Waals surface area contributed by atoms with Crippen LogP contribution in [-0.4, -0.2) is 5.78 Å². The molecule has 30 heavy (non-hydrogen) atoms. The van der Waals surface area contributed by atoms with Crippen molar-refractivity contribution in [2.45, 2.75) is 90.5 Å². The number of carbonyl (C=O) groups excluding carboxylic acids is 1. The van der Waals surface area contributed by atoms with Crippen LogP contribution in [0.1, 0.15) is 99.9 Å². The molecule has 0 aliphatic heterocycles. The summed E-state index contributed by atoms with van der Waals surface area (Å²) in [6, 6.07) is 13.6. The summed E-state index contributed by atoms with van der Waals surface area (Å²) in [6.45, 7) is 3.35. The number of aromatic nitrogens is 1. The fourth-order valence-electron chi connectivity index (χ4n) is 3.73. The lowest BCUT2D eigenvalue weighted by atomic mass is 10.1. The average Bonchev–Trinajstić information content (AvgIpc) is 2.79. The molecule has 1 heterocycles. The van der Waals surface area contributed by atoms with Crippen LogP contribution in [0.5, 0.6) is 0 Å². The van der Waals surface area contributed by atoms with Gasteiger partial charge in [0.2, 0.25) is 0 Å². The first-order chi connectivity index (χ1) is 14.8. The van der Waals surface area contributed by atoms with Gasteiger partial charge in [0.25, 0.3) is 0 Å². The molecule has 0 amide bonds. The summed E-state index contributed by atoms with van der Waals surface area (Å²) >= 11 is 0. The highest BCUT2D eigenvalue weighted by Gasteiger charge is 2.02. The molecule has 0 spiro atoms. The Morgan fingerprint density at radius 3 is 1.83 bits per heavy atom. The van der Waals surface area contributed by atoms with E-state index in [1.807, 2.05) is 36.4 Å². The standard InChI is InChI=1S/C28H40NO/c1-2-3-4-5-6-7-8-9-10-11-12-16-23-29-24-21-26(22-25-29)19-20-28(30)27-17-14-13-15-18-27/h13-15,17-22,24-25H,2-12,16,23H2,1H3/q+1. The van der Waals surface area contributed by atoms with Crippen molar-refractivity contribution in [3.8, 4) is 0 Å². The molecule has 162 valence electrons. The molecule has 0 bridgehead atoms. The van der Waals surface area contributed by atoms with Crippen LogP contribution in [0.3, 0.4) is 0 Å². The largest absolute Gasteiger partial charge is 0.289 e. The molecule has 1 aromatic heterocycles. The number of pyridine rings is 1. The van der Waals surface area contributed by atoms with Gasteiger partial charge in [-0.25, -0.2) is 4.57 Å². The molecular weight excluding hydrogens is 366 g/mol. The molecule has 0 aliphatic rings. The Kier molecular flexibility index (Phi) is 12.5. The maximum Gasteiger partial charge on any atom is 0.185 e. The first-order valence-electron chi connectivity index (χ1n) is 12.1. The highest BCUT2D eigenvalue weighted by molar-refractivity contribution is 6.06. The second kappa shape index (κ2) is 15.6. The van der Waals surface area contributed by atoms with Gasteiger partial charge in [-0.15, -0.1) is 0 Å². The first-order valence-corrected chi connectivity index (χ1v) is 12.1. The van der Waals surface area contributed by atoms with Gasteiger partial charge in [0.1, 0.15) is 6.54 Å². The number of unbranched alkanes of at least 4 members (excludes halogenated alkanes) is 11. The van der Waals surface area contributed by atoms with Crippen LogP contribution < -0.4 is 4.57 Å². The minimum absolute atomic E-state index is 0.0452. The van der Waals surface area contributed by atoms with E-state index in [9.17, 15) is 4.79 Å². The number of benzene rings is 1. The summed E-state index contributed by atoms with van der Waals surface area (Å²) in [5, 5.41) is 0. The number of carbonyl (C=O) groups is 1. The molecule has 0 radical (unpaired) electrons. The van der Waals surface area contributed by atoms with E-state index in [0.29, 0.717) is 0 Å². The van der Waals surface area contributed by atoms with E-state index in [0.717, 1.165) is 17.7 Å². The third-order valence-corrected chi connectivity index (χ3v) is 5.67. The Hall–Kier alpha value is -2.22. The van der Waals surface area contributed by atoms with E-state index in [1.54, 1.807) is 6.08 Å². The Bertz CT molecular complexity index is 718. The van der Waals surface area contributed by atoms with Gasteiger partial charge >= 0.3 is 0 Å². The molecule has 2 heteroatoms. The van der Waals surface area contributed by atoms with Gasteiger partial charge < -0.3 is 0 Å². The monoisotopic (exact) mass is 406 g/mol. The summed E-state index contributed by atoms with van der Waals surface area (Å²) in [6.07, 6.45) is 24.4. The normalized spacial score (nSPS) is 11.2. The minimum atomic E-state index is 0.0452. The molecule has 0 fully saturated rings. The van der Waals surface area contributed by atoms with E-state index in [2.05, 4.69) is 36.0 Å². The Morgan fingerprint density at radius 1 is 0.733 bits per heavy atom. The van der Waals surface area contributed by atoms with Crippen LogP contribution >= 0.6 is 0 Å². The fourth-order valence-corrected chi connectivity index (χ4v) is 3.73. The molecule has 0 atom stereocenters. The molecule has 0 aliphatic carbocycles. The van der Waals surface area contributed by atoms with E-state index in [4.69, 9.17) is 0 Å². The topological polar surface area (TPSA) is 20.9 Å². The van der Waals surface area contributed by atoms with Gasteiger partial charge in [-0.3, -0.25) is 4.79 Å². The molecule has 2 rings (SSSR count). The van der Waals surface area contributed by atoms with Crippen LogP contribution in [0, 0.1) is 0 Å². The molecule has 0 saturated heterocycles. The van der Waals surface area contributed by atoms with E-state index in [1.165, 1.54) is 77.0 Å². The molecule has 0 N–H and O–H groups in total. The predicted molar refractivity (Wildman–Crippen MR) is 128 cm³/mol. The highest BCUT2D eigenvalue weighted by atomic mass is 16.1. The second-order valence-corrected chi connectivity index (χ2v) is 8.32. The zero-order valence-corrected chi connectivity index (χ0v) is 18.9. The van der Waals surface area contributed by atoms with Crippen LogP contribution in [-0.2, 0) is 6.54 Å². The van der Waals surface area contributed by atoms with Crippen molar-refractivity contribution in [2.24, 2.45) is 0 Å². The molecule has 0 saturated carbocycles. The molecule has 2 aromatic rings. The maximum absolute atomic E-state index is 12.1. The van der Waals surface area contributed by atoms with Gasteiger partial charge in [-0.05, 0) is 18.1 Å². The van der Waals surface area contributed by atoms with Crippen LogP contribution in [0.15, 0.2) is 60.9 Å². The van der Waals surface area contributed by atoms with E-state index in [-0.39, 0.29) is 5.78 Å². The summed E-state index contributed by atoms with van der Waals surface area (Å²) in [7, 11) is 0. The lowest BCUT2D eigenvalue weighted by Gasteiger charge is -2.02. The van der Waals surface area contributed by atoms with Crippen molar-refractivity contribution in [1.82, 2.24) is 0 Å². The van der Waals surface area contributed by atoms with Crippen LogP contribution in [0.4, 0.5) is 0 Å². The summed E-state index contributed by atoms with van der Waals surface area (Å²) in [5.41, 5.74) is 1.79. The van der Waals surface area contributed by atoms with Crippen molar-refractivity contribution in [3.63, 3.8) is 0 Å². The van der Waals surface area contributed by atoms with Crippen molar-refractivity contribution in [2.75, 3.05) is 0 Å². The molecule has 2 nitrogen and oxygen atoms in total. The maximum atomic E-state index is 12.1. The van der Waals surface area contributed by atoms with Crippen LogP contribution in [0.2, 0.25) is 0 Å². The number of rotatable bonds is 16. The number of ketones is 1. The lowest BCUT2D eigenvalue weighted by molar-refractivity contribution is -0.697. The van der Waals surface area contributed by atoms with Crippen molar-refractivity contribution >= 4 is 11.9 Å². The summed E-state index contributed by atoms with van der Waals surface area (Å²) in [5.74, 6) is 0.0452. The molecule has 1 aromatic carbocycles. The van der Waals surface area contributed by atoms with Crippen molar-refractivity contribution in [3.05, 3.63) is 72.1 Å². The SMILES string of the molecule is CCCCCCCCCCCCCC[n+]1ccc(C=CC(=O)c2ccccc2)cc1. The molecule has 0 unspecified atom stereocenters. The third kappa shape index (κ3) is 10.5. The fraction of sp³-hybridized carbons (Fsp3) is 0.500. The van der Waals surface area contributed by atoms with E-state index >= 15 is 0 Å². The quantitative estimate of drug-likeness (QED) is 0.122. The zero-order valence-electron chi connectivity index (χ0n) is 18.9. The average molecular weight is 407 g/mol. The van der Waals surface area contributed by atoms with Crippen molar-refractivity contribution < 1.29 is 9.36 Å². The van der Waals surface area contributed by atoms with Crippen LogP contribution in [0.25, 0.3) is 6.08 Å². The Morgan fingerprint density at radius 2 is 1.27 bits per heavy atom. The molecular formula is C28H40NO+. The van der Waals surface area contributed by atoms with Crippen molar-refractivity contribution in [1.29, 1.82) is 0 Å². The minimum Gasteiger partial charge on any atom is -0.289 e. The van der Waals surface area contributed by atoms with Gasteiger partial charge in [-0.2, -0.15) is 0 Å². The number of nitrogens with zero attached hydrogens (tertiary/aromatic N) is 1. The summed E-state index contributed by atoms with van der Waals surface area (Å²) in [4.78, 5) is 12.1. The van der Waals surface area contributed by atoms with Gasteiger partial charge in [-0.1, -0.05) is 108 Å². The highest BCUT2D eigenvalue weighted by Crippen LogP contribution is 2.12. The number of hydrogen-bond donors (Lipinski definition) is 0. The zero-order chi connectivity index (χ0) is 21.3.